The third kappa shape index (κ3) is 3.08. The number of halogens is 1. The number of carbonyl (C=O) groups is 2. The molecule has 0 aliphatic carbocycles. The molecule has 0 radical (unpaired) electrons. The lowest BCUT2D eigenvalue weighted by Gasteiger charge is -2.19. The van der Waals surface area contributed by atoms with Gasteiger partial charge in [-0.25, -0.2) is 0 Å². The van der Waals surface area contributed by atoms with E-state index in [4.69, 9.17) is 21.1 Å². The molecule has 2 aliphatic heterocycles. The van der Waals surface area contributed by atoms with Gasteiger partial charge in [0.1, 0.15) is 0 Å². The molecule has 1 atom stereocenters. The summed E-state index contributed by atoms with van der Waals surface area (Å²) < 4.78 is 10.6. The Kier molecular flexibility index (Phi) is 4.20. The van der Waals surface area contributed by atoms with Crippen molar-refractivity contribution in [2.75, 3.05) is 23.6 Å². The van der Waals surface area contributed by atoms with Crippen LogP contribution >= 0.6 is 11.6 Å². The van der Waals surface area contributed by atoms with E-state index in [0.717, 1.165) is 11.3 Å². The van der Waals surface area contributed by atoms with Crippen molar-refractivity contribution in [2.24, 2.45) is 5.92 Å². The highest BCUT2D eigenvalue weighted by molar-refractivity contribution is 6.31. The summed E-state index contributed by atoms with van der Waals surface area (Å²) in [5.74, 6) is 0.551. The number of nitrogens with one attached hydrogen (secondary N) is 1. The summed E-state index contributed by atoms with van der Waals surface area (Å²) in [5, 5.41) is 3.41. The Bertz CT molecular complexity index is 899. The first-order chi connectivity index (χ1) is 12.5. The second-order valence-corrected chi connectivity index (χ2v) is 6.83. The van der Waals surface area contributed by atoms with Gasteiger partial charge in [0.25, 0.3) is 0 Å². The van der Waals surface area contributed by atoms with E-state index in [2.05, 4.69) is 5.32 Å². The van der Waals surface area contributed by atoms with Gasteiger partial charge in [-0.1, -0.05) is 17.7 Å². The molecule has 6 nitrogen and oxygen atoms in total. The van der Waals surface area contributed by atoms with E-state index in [1.807, 2.05) is 13.0 Å². The van der Waals surface area contributed by atoms with Crippen LogP contribution in [-0.4, -0.2) is 25.2 Å². The van der Waals surface area contributed by atoms with Gasteiger partial charge in [-0.2, -0.15) is 0 Å². The summed E-state index contributed by atoms with van der Waals surface area (Å²) in [6.07, 6.45) is 0.169. The predicted molar refractivity (Wildman–Crippen MR) is 97.8 cm³/mol. The fourth-order valence-electron chi connectivity index (χ4n) is 3.21. The number of hydrogen-bond donors (Lipinski definition) is 1. The Morgan fingerprint density at radius 2 is 2.00 bits per heavy atom. The van der Waals surface area contributed by atoms with Gasteiger partial charge in [0.15, 0.2) is 11.5 Å². The van der Waals surface area contributed by atoms with Crippen LogP contribution in [0.1, 0.15) is 12.0 Å². The number of hydrogen-bond acceptors (Lipinski definition) is 4. The van der Waals surface area contributed by atoms with Crippen LogP contribution in [0.4, 0.5) is 11.4 Å². The third-order valence-corrected chi connectivity index (χ3v) is 4.83. The molecule has 0 spiro atoms. The third-order valence-electron chi connectivity index (χ3n) is 4.60. The van der Waals surface area contributed by atoms with Gasteiger partial charge in [-0.05, 0) is 36.8 Å². The summed E-state index contributed by atoms with van der Waals surface area (Å²) >= 11 is 6.06. The van der Waals surface area contributed by atoms with Gasteiger partial charge in [0.2, 0.25) is 18.6 Å². The first kappa shape index (κ1) is 16.7. The van der Waals surface area contributed by atoms with Crippen molar-refractivity contribution in [1.82, 2.24) is 0 Å². The predicted octanol–water partition coefficient (Wildman–Crippen LogP) is 3.37. The highest BCUT2D eigenvalue weighted by Crippen LogP contribution is 2.35. The topological polar surface area (TPSA) is 67.9 Å². The van der Waals surface area contributed by atoms with Crippen molar-refractivity contribution >= 4 is 34.8 Å². The summed E-state index contributed by atoms with van der Waals surface area (Å²) in [7, 11) is 0. The summed E-state index contributed by atoms with van der Waals surface area (Å²) in [5.41, 5.74) is 2.31. The highest BCUT2D eigenvalue weighted by Gasteiger charge is 2.36. The number of anilines is 2. The average Bonchev–Trinajstić information content (AvgIpc) is 3.23. The first-order valence-corrected chi connectivity index (χ1v) is 8.66. The fourth-order valence-corrected chi connectivity index (χ4v) is 3.37. The Morgan fingerprint density at radius 3 is 2.85 bits per heavy atom. The maximum Gasteiger partial charge on any atom is 0.231 e. The molecule has 1 unspecified atom stereocenters. The quantitative estimate of drug-likeness (QED) is 0.897. The van der Waals surface area contributed by atoms with Gasteiger partial charge in [0.05, 0.1) is 5.92 Å². The summed E-state index contributed by atoms with van der Waals surface area (Å²) in [4.78, 5) is 26.7. The van der Waals surface area contributed by atoms with Crippen LogP contribution in [0.5, 0.6) is 11.5 Å². The summed E-state index contributed by atoms with van der Waals surface area (Å²) in [6.45, 7) is 2.42. The zero-order valence-corrected chi connectivity index (χ0v) is 14.9. The van der Waals surface area contributed by atoms with Crippen LogP contribution in [0.15, 0.2) is 36.4 Å². The van der Waals surface area contributed by atoms with Crippen molar-refractivity contribution in [3.05, 3.63) is 47.0 Å². The first-order valence-electron chi connectivity index (χ1n) is 8.28. The minimum Gasteiger partial charge on any atom is -0.454 e. The van der Waals surface area contributed by atoms with Crippen LogP contribution < -0.4 is 19.7 Å². The number of ether oxygens (including phenoxy) is 2. The van der Waals surface area contributed by atoms with E-state index in [1.165, 1.54) is 0 Å². The van der Waals surface area contributed by atoms with Crippen molar-refractivity contribution in [1.29, 1.82) is 0 Å². The molecule has 1 saturated heterocycles. The van der Waals surface area contributed by atoms with Crippen LogP contribution in [0.3, 0.4) is 0 Å². The van der Waals surface area contributed by atoms with E-state index in [9.17, 15) is 9.59 Å². The lowest BCUT2D eigenvalue weighted by Crippen LogP contribution is -2.28. The second kappa shape index (κ2) is 6.53. The maximum atomic E-state index is 12.6. The van der Waals surface area contributed by atoms with Gasteiger partial charge >= 0.3 is 0 Å². The minimum absolute atomic E-state index is 0.0822. The number of amides is 2. The van der Waals surface area contributed by atoms with Crippen LogP contribution in [0, 0.1) is 12.8 Å². The lowest BCUT2D eigenvalue weighted by molar-refractivity contribution is -0.122. The molecule has 2 heterocycles. The van der Waals surface area contributed by atoms with Gasteiger partial charge in [0, 0.05) is 35.4 Å². The highest BCUT2D eigenvalue weighted by atomic mass is 35.5. The van der Waals surface area contributed by atoms with Crippen molar-refractivity contribution in [3.63, 3.8) is 0 Å². The number of rotatable bonds is 3. The molecule has 2 aromatic carbocycles. The van der Waals surface area contributed by atoms with Crippen LogP contribution in [0.25, 0.3) is 0 Å². The maximum absolute atomic E-state index is 12.6. The molecule has 2 amide bonds. The molecular weight excluding hydrogens is 356 g/mol. The summed E-state index contributed by atoms with van der Waals surface area (Å²) in [6, 6.07) is 10.6. The molecule has 26 heavy (non-hydrogen) atoms. The van der Waals surface area contributed by atoms with Crippen LogP contribution in [0.2, 0.25) is 5.02 Å². The molecule has 0 bridgehead atoms. The smallest absolute Gasteiger partial charge is 0.231 e. The molecule has 2 aromatic rings. The molecule has 4 rings (SSSR count). The SMILES string of the molecule is Cc1ccc(Cl)cc1N1CC(C(=O)Nc2ccc3c(c2)OCO3)CC1=O. The van der Waals surface area contributed by atoms with Gasteiger partial charge < -0.3 is 19.7 Å². The van der Waals surface area contributed by atoms with Crippen molar-refractivity contribution in [2.45, 2.75) is 13.3 Å². The van der Waals surface area contributed by atoms with Gasteiger partial charge in [-0.3, -0.25) is 9.59 Å². The van der Waals surface area contributed by atoms with Crippen molar-refractivity contribution < 1.29 is 19.1 Å². The standard InChI is InChI=1S/C19H17ClN2O4/c1-11-2-3-13(20)7-15(11)22-9-12(6-18(22)23)19(24)21-14-4-5-16-17(8-14)26-10-25-16/h2-5,7-8,12H,6,9-10H2,1H3,(H,21,24). The molecule has 2 aliphatic rings. The molecule has 134 valence electrons. The number of aryl methyl sites for hydroxylation is 1. The normalized spacial score (nSPS) is 18.3. The Labute approximate surface area is 155 Å². The van der Waals surface area contributed by atoms with E-state index >= 15 is 0 Å². The zero-order chi connectivity index (χ0) is 18.3. The molecule has 1 fully saturated rings. The van der Waals surface area contributed by atoms with Gasteiger partial charge in [-0.15, -0.1) is 0 Å². The number of fused-ring (bicyclic) bond motifs is 1. The Balaban J connectivity index is 1.48. The molecular formula is C19H17ClN2O4. The number of nitrogens with zero attached hydrogens (tertiary/aromatic N) is 1. The molecule has 7 heteroatoms. The van der Waals surface area contributed by atoms with E-state index in [1.54, 1.807) is 35.2 Å². The molecule has 0 aromatic heterocycles. The van der Waals surface area contributed by atoms with E-state index in [0.29, 0.717) is 28.8 Å². The van der Waals surface area contributed by atoms with Crippen LogP contribution in [-0.2, 0) is 9.59 Å². The Morgan fingerprint density at radius 1 is 1.19 bits per heavy atom. The second-order valence-electron chi connectivity index (χ2n) is 6.39. The van der Waals surface area contributed by atoms with E-state index in [-0.39, 0.29) is 25.0 Å². The monoisotopic (exact) mass is 372 g/mol. The number of benzene rings is 2. The largest absolute Gasteiger partial charge is 0.454 e. The average molecular weight is 373 g/mol. The molecule has 1 N–H and O–H groups in total. The zero-order valence-electron chi connectivity index (χ0n) is 14.1. The fraction of sp³-hybridized carbons (Fsp3) is 0.263. The van der Waals surface area contributed by atoms with Crippen molar-refractivity contribution in [3.8, 4) is 11.5 Å². The minimum atomic E-state index is -0.425. The van der Waals surface area contributed by atoms with E-state index < -0.39 is 5.92 Å². The Hall–Kier alpha value is -2.73. The number of carbonyl (C=O) groups excluding carboxylic acids is 2. The lowest BCUT2D eigenvalue weighted by atomic mass is 10.1. The molecule has 0 saturated carbocycles.